The minimum absolute atomic E-state index is 0.0467. The molecule has 3 rings (SSSR count). The van der Waals surface area contributed by atoms with E-state index in [0.29, 0.717) is 13.0 Å². The minimum atomic E-state index is -0.0467. The molecule has 0 aliphatic carbocycles. The lowest BCUT2D eigenvalue weighted by Gasteiger charge is -2.26. The van der Waals surface area contributed by atoms with Crippen molar-refractivity contribution in [3.8, 4) is 5.75 Å². The molecule has 1 heterocycles. The highest BCUT2D eigenvalue weighted by atomic mass is 16.5. The highest BCUT2D eigenvalue weighted by Crippen LogP contribution is 2.27. The zero-order valence-corrected chi connectivity index (χ0v) is 14.5. The standard InChI is InChI=1S/C20H22N2O3/c1-22-17-9-7-14(11-15(17)8-10-20(22)24)13-21-19(23)12-16-5-3-4-6-18(16)25-2/h3-7,9,11H,8,10,12-13H2,1-2H3,(H,21,23). The number of amides is 2. The Morgan fingerprint density at radius 3 is 2.80 bits per heavy atom. The average Bonchev–Trinajstić information content (AvgIpc) is 2.63. The molecule has 0 saturated heterocycles. The molecule has 2 aromatic carbocycles. The molecule has 2 aromatic rings. The Labute approximate surface area is 147 Å². The predicted octanol–water partition coefficient (Wildman–Crippen LogP) is 2.46. The number of benzene rings is 2. The van der Waals surface area contributed by atoms with Gasteiger partial charge in [0.05, 0.1) is 13.5 Å². The van der Waals surface area contributed by atoms with Crippen LogP contribution in [-0.4, -0.2) is 26.0 Å². The number of anilines is 1. The SMILES string of the molecule is COc1ccccc1CC(=O)NCc1ccc2c(c1)CCC(=O)N2C. The third-order valence-electron chi connectivity index (χ3n) is 4.52. The van der Waals surface area contributed by atoms with E-state index >= 15 is 0 Å². The number of nitrogens with one attached hydrogen (secondary N) is 1. The molecule has 130 valence electrons. The normalized spacial score (nSPS) is 13.4. The number of para-hydroxylation sites is 1. The van der Waals surface area contributed by atoms with Crippen molar-refractivity contribution in [1.82, 2.24) is 5.32 Å². The Morgan fingerprint density at radius 1 is 1.20 bits per heavy atom. The van der Waals surface area contributed by atoms with E-state index in [9.17, 15) is 9.59 Å². The molecule has 5 nitrogen and oxygen atoms in total. The smallest absolute Gasteiger partial charge is 0.227 e. The van der Waals surface area contributed by atoms with Crippen LogP contribution < -0.4 is 15.0 Å². The maximum Gasteiger partial charge on any atom is 0.227 e. The number of aryl methyl sites for hydroxylation is 1. The van der Waals surface area contributed by atoms with Gasteiger partial charge in [-0.3, -0.25) is 9.59 Å². The molecule has 1 N–H and O–H groups in total. The van der Waals surface area contributed by atoms with Crippen molar-refractivity contribution in [2.24, 2.45) is 0 Å². The van der Waals surface area contributed by atoms with Crippen LogP contribution in [0.4, 0.5) is 5.69 Å². The summed E-state index contributed by atoms with van der Waals surface area (Å²) in [6, 6.07) is 13.5. The van der Waals surface area contributed by atoms with Crippen molar-refractivity contribution in [2.75, 3.05) is 19.1 Å². The summed E-state index contributed by atoms with van der Waals surface area (Å²) in [4.78, 5) is 25.7. The molecular weight excluding hydrogens is 316 g/mol. The fourth-order valence-corrected chi connectivity index (χ4v) is 3.11. The fourth-order valence-electron chi connectivity index (χ4n) is 3.11. The molecule has 1 aliphatic rings. The first-order valence-electron chi connectivity index (χ1n) is 8.35. The number of carbonyl (C=O) groups excluding carboxylic acids is 2. The van der Waals surface area contributed by atoms with Crippen LogP contribution in [0.1, 0.15) is 23.1 Å². The Bertz CT molecular complexity index is 801. The van der Waals surface area contributed by atoms with Gasteiger partial charge in [-0.2, -0.15) is 0 Å². The number of carbonyl (C=O) groups is 2. The van der Waals surface area contributed by atoms with Gasteiger partial charge in [0.25, 0.3) is 0 Å². The lowest BCUT2D eigenvalue weighted by atomic mass is 9.99. The molecule has 1 aliphatic heterocycles. The summed E-state index contributed by atoms with van der Waals surface area (Å²) in [5.41, 5.74) is 4.02. The summed E-state index contributed by atoms with van der Waals surface area (Å²) in [7, 11) is 3.40. The zero-order chi connectivity index (χ0) is 17.8. The number of hydrogen-bond donors (Lipinski definition) is 1. The summed E-state index contributed by atoms with van der Waals surface area (Å²) in [5.74, 6) is 0.819. The number of hydrogen-bond acceptors (Lipinski definition) is 3. The molecular formula is C20H22N2O3. The van der Waals surface area contributed by atoms with Crippen LogP contribution in [0.25, 0.3) is 0 Å². The van der Waals surface area contributed by atoms with Crippen LogP contribution in [-0.2, 0) is 29.0 Å². The van der Waals surface area contributed by atoms with Gasteiger partial charge in [0.2, 0.25) is 11.8 Å². The molecule has 0 aromatic heterocycles. The highest BCUT2D eigenvalue weighted by Gasteiger charge is 2.20. The van der Waals surface area contributed by atoms with Crippen LogP contribution in [0, 0.1) is 0 Å². The van der Waals surface area contributed by atoms with Crippen molar-refractivity contribution < 1.29 is 14.3 Å². The van der Waals surface area contributed by atoms with E-state index < -0.39 is 0 Å². The van der Waals surface area contributed by atoms with E-state index in [1.807, 2.05) is 36.4 Å². The second kappa shape index (κ2) is 7.38. The lowest BCUT2D eigenvalue weighted by Crippen LogP contribution is -2.31. The Hall–Kier alpha value is -2.82. The molecule has 0 atom stereocenters. The van der Waals surface area contributed by atoms with E-state index in [0.717, 1.165) is 34.5 Å². The third-order valence-corrected chi connectivity index (χ3v) is 4.52. The van der Waals surface area contributed by atoms with E-state index in [2.05, 4.69) is 11.4 Å². The number of rotatable bonds is 5. The topological polar surface area (TPSA) is 58.6 Å². The second-order valence-corrected chi connectivity index (χ2v) is 6.18. The summed E-state index contributed by atoms with van der Waals surface area (Å²) in [5, 5.41) is 2.95. The van der Waals surface area contributed by atoms with Gasteiger partial charge in [-0.05, 0) is 29.7 Å². The number of ether oxygens (including phenoxy) is 1. The van der Waals surface area contributed by atoms with Gasteiger partial charge in [0.15, 0.2) is 0 Å². The maximum absolute atomic E-state index is 12.2. The van der Waals surface area contributed by atoms with Crippen molar-refractivity contribution >= 4 is 17.5 Å². The zero-order valence-electron chi connectivity index (χ0n) is 14.5. The molecule has 0 radical (unpaired) electrons. The number of fused-ring (bicyclic) bond motifs is 1. The first kappa shape index (κ1) is 17.0. The van der Waals surface area contributed by atoms with Crippen molar-refractivity contribution in [3.63, 3.8) is 0 Å². The molecule has 0 fully saturated rings. The Kier molecular flexibility index (Phi) is 5.03. The van der Waals surface area contributed by atoms with Gasteiger partial charge in [0.1, 0.15) is 5.75 Å². The fraction of sp³-hybridized carbons (Fsp3) is 0.300. The van der Waals surface area contributed by atoms with Crippen LogP contribution in [0.5, 0.6) is 5.75 Å². The minimum Gasteiger partial charge on any atom is -0.496 e. The second-order valence-electron chi connectivity index (χ2n) is 6.18. The average molecular weight is 338 g/mol. The molecule has 0 saturated carbocycles. The first-order chi connectivity index (χ1) is 12.1. The van der Waals surface area contributed by atoms with Crippen LogP contribution >= 0.6 is 0 Å². The third kappa shape index (κ3) is 3.82. The number of nitrogens with zero attached hydrogens (tertiary/aromatic N) is 1. The molecule has 0 bridgehead atoms. The van der Waals surface area contributed by atoms with Gasteiger partial charge in [-0.25, -0.2) is 0 Å². The van der Waals surface area contributed by atoms with E-state index in [-0.39, 0.29) is 18.2 Å². The summed E-state index contributed by atoms with van der Waals surface area (Å²) in [6.45, 7) is 0.471. The van der Waals surface area contributed by atoms with Crippen LogP contribution in [0.2, 0.25) is 0 Å². The monoisotopic (exact) mass is 338 g/mol. The summed E-state index contributed by atoms with van der Waals surface area (Å²) in [6.07, 6.45) is 1.57. The highest BCUT2D eigenvalue weighted by molar-refractivity contribution is 5.95. The van der Waals surface area contributed by atoms with Crippen molar-refractivity contribution in [3.05, 3.63) is 59.2 Å². The molecule has 5 heteroatoms. The number of methoxy groups -OCH3 is 1. The summed E-state index contributed by atoms with van der Waals surface area (Å²) >= 11 is 0. The lowest BCUT2D eigenvalue weighted by molar-refractivity contribution is -0.120. The van der Waals surface area contributed by atoms with Gasteiger partial charge >= 0.3 is 0 Å². The summed E-state index contributed by atoms with van der Waals surface area (Å²) < 4.78 is 5.28. The largest absolute Gasteiger partial charge is 0.496 e. The van der Waals surface area contributed by atoms with E-state index in [1.54, 1.807) is 19.1 Å². The van der Waals surface area contributed by atoms with Gasteiger partial charge in [-0.15, -0.1) is 0 Å². The van der Waals surface area contributed by atoms with Gasteiger partial charge < -0.3 is 15.0 Å². The van der Waals surface area contributed by atoms with Crippen molar-refractivity contribution in [2.45, 2.75) is 25.8 Å². The first-order valence-corrected chi connectivity index (χ1v) is 8.35. The molecule has 0 unspecified atom stereocenters. The molecule has 25 heavy (non-hydrogen) atoms. The van der Waals surface area contributed by atoms with Gasteiger partial charge in [-0.1, -0.05) is 30.3 Å². The maximum atomic E-state index is 12.2. The molecule has 2 amide bonds. The Balaban J connectivity index is 1.62. The Morgan fingerprint density at radius 2 is 2.00 bits per heavy atom. The van der Waals surface area contributed by atoms with Crippen LogP contribution in [0.15, 0.2) is 42.5 Å². The van der Waals surface area contributed by atoms with E-state index in [4.69, 9.17) is 4.74 Å². The quantitative estimate of drug-likeness (QED) is 0.911. The van der Waals surface area contributed by atoms with E-state index in [1.165, 1.54) is 0 Å². The van der Waals surface area contributed by atoms with Crippen LogP contribution in [0.3, 0.4) is 0 Å². The van der Waals surface area contributed by atoms with Crippen molar-refractivity contribution in [1.29, 1.82) is 0 Å². The molecule has 0 spiro atoms. The predicted molar refractivity (Wildman–Crippen MR) is 96.7 cm³/mol. The van der Waals surface area contributed by atoms with Gasteiger partial charge in [0, 0.05) is 31.3 Å².